The van der Waals surface area contributed by atoms with Crippen molar-refractivity contribution in [3.05, 3.63) is 30.3 Å². The molecule has 2 aliphatic carbocycles. The molecule has 3 atom stereocenters. The molecule has 2 fully saturated rings. The van der Waals surface area contributed by atoms with Crippen molar-refractivity contribution >= 4 is 0 Å². The molecule has 120 valence electrons. The van der Waals surface area contributed by atoms with Crippen LogP contribution in [0.4, 0.5) is 0 Å². The van der Waals surface area contributed by atoms with Gasteiger partial charge in [-0.1, -0.05) is 53.3 Å². The Bertz CT molecular complexity index is 423. The Morgan fingerprint density at radius 2 is 1.76 bits per heavy atom. The maximum absolute atomic E-state index is 5.21. The van der Waals surface area contributed by atoms with Gasteiger partial charge in [0.15, 0.2) is 0 Å². The number of benzene rings is 1. The van der Waals surface area contributed by atoms with Crippen molar-refractivity contribution in [3.63, 3.8) is 0 Å². The fourth-order valence-electron chi connectivity index (χ4n) is 4.29. The third-order valence-electron chi connectivity index (χ3n) is 6.28. The van der Waals surface area contributed by atoms with E-state index < -0.39 is 0 Å². The van der Waals surface area contributed by atoms with E-state index in [1.165, 1.54) is 19.3 Å². The lowest BCUT2D eigenvalue weighted by molar-refractivity contribution is 0.112. The maximum atomic E-state index is 5.21. The summed E-state index contributed by atoms with van der Waals surface area (Å²) in [4.78, 5) is 0. The Morgan fingerprint density at radius 3 is 2.10 bits per heavy atom. The van der Waals surface area contributed by atoms with Crippen molar-refractivity contribution in [2.45, 2.75) is 61.3 Å². The Balaban J connectivity index is 0.000000205. The summed E-state index contributed by atoms with van der Waals surface area (Å²) >= 11 is 0. The van der Waals surface area contributed by atoms with E-state index in [1.807, 2.05) is 37.3 Å². The van der Waals surface area contributed by atoms with Gasteiger partial charge in [-0.2, -0.15) is 0 Å². The van der Waals surface area contributed by atoms with Crippen LogP contribution in [-0.2, 0) is 0 Å². The van der Waals surface area contributed by atoms with Crippen LogP contribution in [0.1, 0.15) is 61.3 Å². The molecular weight excluding hydrogens is 256 g/mol. The molecule has 0 spiro atoms. The molecule has 2 saturated carbocycles. The van der Waals surface area contributed by atoms with Gasteiger partial charge in [0.05, 0.1) is 6.61 Å². The zero-order valence-corrected chi connectivity index (χ0v) is 13.8. The highest BCUT2D eigenvalue weighted by Crippen LogP contribution is 2.67. The second-order valence-electron chi connectivity index (χ2n) is 7.26. The summed E-state index contributed by atoms with van der Waals surface area (Å²) in [5.74, 6) is 2.94. The van der Waals surface area contributed by atoms with E-state index in [4.69, 9.17) is 4.74 Å². The van der Waals surface area contributed by atoms with Crippen LogP contribution in [0.25, 0.3) is 0 Å². The van der Waals surface area contributed by atoms with Crippen LogP contribution >= 0.6 is 0 Å². The lowest BCUT2D eigenvalue weighted by Crippen LogP contribution is -2.30. The minimum absolute atomic E-state index is 0. The van der Waals surface area contributed by atoms with E-state index in [0.29, 0.717) is 10.8 Å². The smallest absolute Gasteiger partial charge is 0.119 e. The molecule has 1 aromatic carbocycles. The molecule has 0 aliphatic heterocycles. The van der Waals surface area contributed by atoms with Crippen molar-refractivity contribution < 1.29 is 4.74 Å². The summed E-state index contributed by atoms with van der Waals surface area (Å²) in [5, 5.41) is 0. The highest BCUT2D eigenvalue weighted by molar-refractivity contribution is 5.20. The molecule has 3 unspecified atom stereocenters. The molecule has 0 amide bonds. The molecule has 21 heavy (non-hydrogen) atoms. The highest BCUT2D eigenvalue weighted by atomic mass is 16.5. The van der Waals surface area contributed by atoms with Gasteiger partial charge in [0.25, 0.3) is 0 Å². The molecule has 2 bridgehead atoms. The quantitative estimate of drug-likeness (QED) is 0.631. The predicted molar refractivity (Wildman–Crippen MR) is 92.7 cm³/mol. The number of hydrogen-bond acceptors (Lipinski definition) is 1. The van der Waals surface area contributed by atoms with Gasteiger partial charge >= 0.3 is 0 Å². The summed E-state index contributed by atoms with van der Waals surface area (Å²) in [6, 6.07) is 9.80. The second-order valence-corrected chi connectivity index (χ2v) is 7.26. The van der Waals surface area contributed by atoms with Gasteiger partial charge < -0.3 is 4.74 Å². The number of para-hydroxylation sites is 1. The van der Waals surface area contributed by atoms with Gasteiger partial charge in [-0.25, -0.2) is 0 Å². The minimum Gasteiger partial charge on any atom is -0.494 e. The van der Waals surface area contributed by atoms with Crippen LogP contribution < -0.4 is 4.74 Å². The first-order valence-corrected chi connectivity index (χ1v) is 8.09. The molecule has 1 nitrogen and oxygen atoms in total. The highest BCUT2D eigenvalue weighted by Gasteiger charge is 2.59. The molecule has 1 heteroatoms. The van der Waals surface area contributed by atoms with Gasteiger partial charge in [0.2, 0.25) is 0 Å². The average molecular weight is 290 g/mol. The van der Waals surface area contributed by atoms with Crippen molar-refractivity contribution in [2.24, 2.45) is 22.7 Å². The fourth-order valence-corrected chi connectivity index (χ4v) is 4.29. The Hall–Kier alpha value is -0.980. The summed E-state index contributed by atoms with van der Waals surface area (Å²) in [6.45, 7) is 12.6. The lowest BCUT2D eigenvalue weighted by atomic mass is 9.67. The van der Waals surface area contributed by atoms with Gasteiger partial charge in [-0.05, 0) is 61.0 Å². The summed E-state index contributed by atoms with van der Waals surface area (Å²) in [6.07, 6.45) is 4.46. The van der Waals surface area contributed by atoms with Gasteiger partial charge in [0.1, 0.15) is 5.75 Å². The second kappa shape index (κ2) is 6.85. The van der Waals surface area contributed by atoms with Crippen molar-refractivity contribution in [1.29, 1.82) is 0 Å². The number of ether oxygens (including phenoxy) is 1. The van der Waals surface area contributed by atoms with E-state index in [0.717, 1.165) is 24.2 Å². The van der Waals surface area contributed by atoms with Crippen LogP contribution in [0.5, 0.6) is 5.75 Å². The van der Waals surface area contributed by atoms with Crippen LogP contribution in [0.2, 0.25) is 0 Å². The van der Waals surface area contributed by atoms with Crippen molar-refractivity contribution in [3.8, 4) is 5.75 Å². The van der Waals surface area contributed by atoms with E-state index >= 15 is 0 Å². The van der Waals surface area contributed by atoms with Crippen LogP contribution in [0.3, 0.4) is 0 Å². The van der Waals surface area contributed by atoms with E-state index in [9.17, 15) is 0 Å². The molecule has 0 radical (unpaired) electrons. The third-order valence-corrected chi connectivity index (χ3v) is 6.28. The van der Waals surface area contributed by atoms with Gasteiger partial charge in [0, 0.05) is 0 Å². The van der Waals surface area contributed by atoms with E-state index in [2.05, 4.69) is 27.7 Å². The molecule has 0 aromatic heterocycles. The van der Waals surface area contributed by atoms with E-state index in [-0.39, 0.29) is 7.43 Å². The first kappa shape index (κ1) is 18.1. The normalized spacial score (nSPS) is 31.9. The van der Waals surface area contributed by atoms with E-state index in [1.54, 1.807) is 0 Å². The fraction of sp³-hybridized carbons (Fsp3) is 0.700. The Kier molecular flexibility index (Phi) is 5.90. The van der Waals surface area contributed by atoms with Crippen LogP contribution in [0.15, 0.2) is 30.3 Å². The topological polar surface area (TPSA) is 9.23 Å². The van der Waals surface area contributed by atoms with Crippen LogP contribution in [-0.4, -0.2) is 6.61 Å². The van der Waals surface area contributed by atoms with Gasteiger partial charge in [-0.3, -0.25) is 0 Å². The summed E-state index contributed by atoms with van der Waals surface area (Å²) < 4.78 is 5.21. The summed E-state index contributed by atoms with van der Waals surface area (Å²) in [7, 11) is 0. The molecule has 0 N–H and O–H groups in total. The summed E-state index contributed by atoms with van der Waals surface area (Å²) in [5.41, 5.74) is 1.30. The number of fused-ring (bicyclic) bond motifs is 2. The number of hydrogen-bond donors (Lipinski definition) is 0. The largest absolute Gasteiger partial charge is 0.494 e. The first-order valence-electron chi connectivity index (χ1n) is 8.09. The molecular formula is C20H34O. The molecule has 2 aliphatic rings. The Morgan fingerprint density at radius 1 is 1.14 bits per heavy atom. The maximum Gasteiger partial charge on any atom is 0.119 e. The molecule has 0 saturated heterocycles. The lowest BCUT2D eigenvalue weighted by Gasteiger charge is -2.37. The first-order chi connectivity index (χ1) is 9.41. The van der Waals surface area contributed by atoms with Crippen molar-refractivity contribution in [2.75, 3.05) is 6.61 Å². The predicted octanol–water partition coefficient (Wildman–Crippen LogP) is 6.19. The van der Waals surface area contributed by atoms with Crippen LogP contribution in [0, 0.1) is 22.7 Å². The monoisotopic (exact) mass is 290 g/mol. The number of rotatable bonds is 2. The minimum atomic E-state index is 0. The zero-order valence-electron chi connectivity index (χ0n) is 13.8. The molecule has 3 rings (SSSR count). The average Bonchev–Trinajstić information content (AvgIpc) is 2.74. The molecule has 0 heterocycles. The Labute approximate surface area is 132 Å². The SMILES string of the molecule is C.CC1CC2CCC1(C)C2(C)C.CCOc1ccccc1. The zero-order chi connectivity index (χ0) is 14.8. The standard InChI is InChI=1S/C11H20.C8H10O.CH4/c1-8-7-9-5-6-11(8,4)10(9,2)3;1-2-9-8-6-4-3-5-7-8;/h8-9H,5-7H2,1-4H3;3-7H,2H2,1H3;1H4. The third kappa shape index (κ3) is 3.27. The van der Waals surface area contributed by atoms with Crippen molar-refractivity contribution in [1.82, 2.24) is 0 Å². The molecule has 1 aromatic rings. The van der Waals surface area contributed by atoms with Gasteiger partial charge in [-0.15, -0.1) is 0 Å².